The summed E-state index contributed by atoms with van der Waals surface area (Å²) in [6, 6.07) is 15.1. The van der Waals surface area contributed by atoms with Gasteiger partial charge < -0.3 is 10.6 Å². The fourth-order valence-electron chi connectivity index (χ4n) is 4.04. The van der Waals surface area contributed by atoms with Gasteiger partial charge in [0.05, 0.1) is 16.4 Å². The molecule has 38 heavy (non-hydrogen) atoms. The molecule has 1 aliphatic heterocycles. The molecule has 0 saturated carbocycles. The first kappa shape index (κ1) is 27.7. The Hall–Kier alpha value is -3.33. The lowest BCUT2D eigenvalue weighted by atomic mass is 10.1. The Kier molecular flexibility index (Phi) is 8.16. The lowest BCUT2D eigenvalue weighted by molar-refractivity contribution is -0.384. The van der Waals surface area contributed by atoms with E-state index in [-0.39, 0.29) is 32.9 Å². The van der Waals surface area contributed by atoms with Crippen LogP contribution in [0.25, 0.3) is 0 Å². The monoisotopic (exact) mass is 578 g/mol. The SMILES string of the molecule is CS(=O)(=O)c1cccc(NC2CCN(S(=O)(=O)c3ccc(CNC(=O)c4cccc([N+](=O)[O-])c4)s3)CC2)c1. The van der Waals surface area contributed by atoms with E-state index in [0.29, 0.717) is 36.5 Å². The maximum Gasteiger partial charge on any atom is 0.270 e. The molecule has 0 atom stereocenters. The van der Waals surface area contributed by atoms with Gasteiger partial charge in [-0.1, -0.05) is 12.1 Å². The van der Waals surface area contributed by atoms with Gasteiger partial charge in [-0.2, -0.15) is 4.31 Å². The number of sulfone groups is 1. The zero-order valence-electron chi connectivity index (χ0n) is 20.4. The fraction of sp³-hybridized carbons (Fsp3) is 0.292. The number of amides is 1. The number of carbonyl (C=O) groups is 1. The average Bonchev–Trinajstić information content (AvgIpc) is 3.37. The first-order valence-electron chi connectivity index (χ1n) is 11.6. The number of carbonyl (C=O) groups excluding carboxylic acids is 1. The number of hydrogen-bond acceptors (Lipinski definition) is 9. The molecule has 2 aromatic carbocycles. The van der Waals surface area contributed by atoms with Crippen molar-refractivity contribution >= 4 is 48.5 Å². The lowest BCUT2D eigenvalue weighted by Crippen LogP contribution is -2.42. The van der Waals surface area contributed by atoms with Crippen molar-refractivity contribution in [3.05, 3.63) is 81.2 Å². The topological polar surface area (TPSA) is 156 Å². The number of piperidine rings is 1. The van der Waals surface area contributed by atoms with Crippen molar-refractivity contribution in [2.24, 2.45) is 0 Å². The Labute approximate surface area is 224 Å². The van der Waals surface area contributed by atoms with E-state index in [1.807, 2.05) is 0 Å². The molecule has 11 nitrogen and oxygen atoms in total. The molecule has 1 fully saturated rings. The number of rotatable bonds is 9. The van der Waals surface area contributed by atoms with Crippen LogP contribution in [0.15, 0.2) is 69.8 Å². The highest BCUT2D eigenvalue weighted by atomic mass is 32.2. The van der Waals surface area contributed by atoms with Gasteiger partial charge in [0.15, 0.2) is 9.84 Å². The van der Waals surface area contributed by atoms with Crippen LogP contribution in [0.5, 0.6) is 0 Å². The van der Waals surface area contributed by atoms with E-state index in [2.05, 4.69) is 10.6 Å². The minimum absolute atomic E-state index is 0.000759. The summed E-state index contributed by atoms with van der Waals surface area (Å²) in [5, 5.41) is 16.9. The predicted molar refractivity (Wildman–Crippen MR) is 144 cm³/mol. The van der Waals surface area contributed by atoms with Crippen molar-refractivity contribution in [3.63, 3.8) is 0 Å². The molecule has 0 radical (unpaired) electrons. The van der Waals surface area contributed by atoms with Crippen molar-refractivity contribution < 1.29 is 26.6 Å². The van der Waals surface area contributed by atoms with Crippen LogP contribution in [0.4, 0.5) is 11.4 Å². The summed E-state index contributed by atoms with van der Waals surface area (Å²) in [6.45, 7) is 0.700. The molecular formula is C24H26N4O7S3. The summed E-state index contributed by atoms with van der Waals surface area (Å²) in [5.41, 5.74) is 0.621. The lowest BCUT2D eigenvalue weighted by Gasteiger charge is -2.31. The first-order valence-corrected chi connectivity index (χ1v) is 15.8. The van der Waals surface area contributed by atoms with Crippen LogP contribution >= 0.6 is 11.3 Å². The second kappa shape index (κ2) is 11.2. The van der Waals surface area contributed by atoms with Gasteiger partial charge in [-0.05, 0) is 49.2 Å². The molecule has 3 aromatic rings. The van der Waals surface area contributed by atoms with Crippen LogP contribution in [0, 0.1) is 10.1 Å². The van der Waals surface area contributed by atoms with Crippen molar-refractivity contribution in [2.45, 2.75) is 34.5 Å². The van der Waals surface area contributed by atoms with Crippen LogP contribution in [-0.4, -0.2) is 57.4 Å². The third-order valence-electron chi connectivity index (χ3n) is 6.06. The maximum absolute atomic E-state index is 13.2. The number of nitrogens with zero attached hydrogens (tertiary/aromatic N) is 2. The second-order valence-corrected chi connectivity index (χ2v) is 14.2. The number of nitrogens with one attached hydrogen (secondary N) is 2. The van der Waals surface area contributed by atoms with Gasteiger partial charge in [-0.3, -0.25) is 14.9 Å². The summed E-state index contributed by atoms with van der Waals surface area (Å²) in [4.78, 5) is 23.6. The summed E-state index contributed by atoms with van der Waals surface area (Å²) in [6.07, 6.45) is 2.26. The number of thiophene rings is 1. The van der Waals surface area contributed by atoms with Crippen LogP contribution in [0.3, 0.4) is 0 Å². The molecule has 0 bridgehead atoms. The Bertz CT molecular complexity index is 1560. The molecule has 1 saturated heterocycles. The van der Waals surface area contributed by atoms with Crippen LogP contribution < -0.4 is 10.6 Å². The normalized spacial score (nSPS) is 15.2. The number of anilines is 1. The summed E-state index contributed by atoms with van der Waals surface area (Å²) < 4.78 is 51.6. The summed E-state index contributed by atoms with van der Waals surface area (Å²) >= 11 is 1.06. The molecule has 0 unspecified atom stereocenters. The van der Waals surface area contributed by atoms with E-state index in [9.17, 15) is 31.7 Å². The Morgan fingerprint density at radius 1 is 1.05 bits per heavy atom. The Morgan fingerprint density at radius 2 is 1.76 bits per heavy atom. The molecule has 0 aliphatic carbocycles. The van der Waals surface area contributed by atoms with E-state index in [4.69, 9.17) is 0 Å². The number of sulfonamides is 1. The number of nitro benzene ring substituents is 1. The van der Waals surface area contributed by atoms with Gasteiger partial charge in [-0.25, -0.2) is 16.8 Å². The number of non-ortho nitro benzene ring substituents is 1. The smallest absolute Gasteiger partial charge is 0.270 e. The summed E-state index contributed by atoms with van der Waals surface area (Å²) in [5.74, 6) is -0.497. The summed E-state index contributed by atoms with van der Waals surface area (Å²) in [7, 11) is -7.04. The molecule has 14 heteroatoms. The number of benzene rings is 2. The van der Waals surface area contributed by atoms with Gasteiger partial charge in [-0.15, -0.1) is 11.3 Å². The van der Waals surface area contributed by atoms with Crippen LogP contribution in [0.2, 0.25) is 0 Å². The standard InChI is InChI=1S/C24H26N4O7S3/c1-37(32,33)22-7-3-5-19(15-22)26-18-10-12-27(13-11-18)38(34,35)23-9-8-21(36-23)16-25-24(29)17-4-2-6-20(14-17)28(30)31/h2-9,14-15,18,26H,10-13,16H2,1H3,(H,25,29). The predicted octanol–water partition coefficient (Wildman–Crippen LogP) is 3.26. The van der Waals surface area contributed by atoms with E-state index < -0.39 is 30.7 Å². The van der Waals surface area contributed by atoms with Crippen molar-refractivity contribution in [1.29, 1.82) is 0 Å². The highest BCUT2D eigenvalue weighted by Gasteiger charge is 2.30. The molecule has 0 spiro atoms. The molecule has 1 aromatic heterocycles. The third-order valence-corrected chi connectivity index (χ3v) is 10.6. The maximum atomic E-state index is 13.2. The molecule has 4 rings (SSSR count). The zero-order chi connectivity index (χ0) is 27.5. The fourth-order valence-corrected chi connectivity index (χ4v) is 7.63. The minimum atomic E-state index is -3.71. The van der Waals surface area contributed by atoms with Gasteiger partial charge in [0, 0.05) is 53.6 Å². The van der Waals surface area contributed by atoms with Crippen molar-refractivity contribution in [3.8, 4) is 0 Å². The largest absolute Gasteiger partial charge is 0.382 e. The van der Waals surface area contributed by atoms with Crippen molar-refractivity contribution in [1.82, 2.24) is 9.62 Å². The first-order chi connectivity index (χ1) is 17.9. The van der Waals surface area contributed by atoms with E-state index in [0.717, 1.165) is 17.6 Å². The van der Waals surface area contributed by atoms with Crippen LogP contribution in [-0.2, 0) is 26.4 Å². The van der Waals surface area contributed by atoms with Gasteiger partial charge >= 0.3 is 0 Å². The number of nitro groups is 1. The van der Waals surface area contributed by atoms with Gasteiger partial charge in [0.2, 0.25) is 0 Å². The van der Waals surface area contributed by atoms with E-state index >= 15 is 0 Å². The quantitative estimate of drug-likeness (QED) is 0.290. The second-order valence-electron chi connectivity index (χ2n) is 8.83. The Balaban J connectivity index is 1.33. The minimum Gasteiger partial charge on any atom is -0.382 e. The van der Waals surface area contributed by atoms with Crippen molar-refractivity contribution in [2.75, 3.05) is 24.7 Å². The molecule has 2 N–H and O–H groups in total. The van der Waals surface area contributed by atoms with E-state index in [1.54, 1.807) is 24.3 Å². The highest BCUT2D eigenvalue weighted by molar-refractivity contribution is 7.91. The van der Waals surface area contributed by atoms with Gasteiger partial charge in [0.1, 0.15) is 4.21 Å². The molecule has 1 aliphatic rings. The number of hydrogen-bond donors (Lipinski definition) is 2. The average molecular weight is 579 g/mol. The Morgan fingerprint density at radius 3 is 2.45 bits per heavy atom. The molecular weight excluding hydrogens is 552 g/mol. The molecule has 1 amide bonds. The molecule has 202 valence electrons. The third kappa shape index (κ3) is 6.56. The van der Waals surface area contributed by atoms with Crippen LogP contribution in [0.1, 0.15) is 28.1 Å². The zero-order valence-corrected chi connectivity index (χ0v) is 22.8. The van der Waals surface area contributed by atoms with E-state index in [1.165, 1.54) is 40.7 Å². The molecule has 2 heterocycles. The van der Waals surface area contributed by atoms with Gasteiger partial charge in [0.25, 0.3) is 21.6 Å². The highest BCUT2D eigenvalue weighted by Crippen LogP contribution is 2.28.